The molecule has 1 aromatic carbocycles. The highest BCUT2D eigenvalue weighted by atomic mass is 32.2. The molecule has 5 heteroatoms. The van der Waals surface area contributed by atoms with Gasteiger partial charge in [-0.25, -0.2) is 13.1 Å². The number of aliphatic hydroxyl groups is 1. The van der Waals surface area contributed by atoms with Crippen molar-refractivity contribution in [1.29, 1.82) is 0 Å². The third-order valence-corrected chi connectivity index (χ3v) is 3.69. The van der Waals surface area contributed by atoms with Crippen LogP contribution >= 0.6 is 0 Å². The van der Waals surface area contributed by atoms with Gasteiger partial charge >= 0.3 is 0 Å². The molecule has 0 saturated heterocycles. The number of hydrogen-bond donors (Lipinski definition) is 2. The predicted molar refractivity (Wildman–Crippen MR) is 62.7 cm³/mol. The average molecular weight is 243 g/mol. The second kappa shape index (κ2) is 5.98. The molecule has 0 fully saturated rings. The smallest absolute Gasteiger partial charge is 0.240 e. The lowest BCUT2D eigenvalue weighted by Crippen LogP contribution is -2.24. The Morgan fingerprint density at radius 3 is 2.38 bits per heavy atom. The zero-order valence-electron chi connectivity index (χ0n) is 9.31. The Hall–Kier alpha value is -0.910. The molecule has 2 N–H and O–H groups in total. The van der Waals surface area contributed by atoms with Gasteiger partial charge in [-0.3, -0.25) is 0 Å². The molecule has 0 unspecified atom stereocenters. The number of sulfonamides is 1. The van der Waals surface area contributed by atoms with Gasteiger partial charge in [-0.15, -0.1) is 0 Å². The summed E-state index contributed by atoms with van der Waals surface area (Å²) in [6.07, 6.45) is 1.25. The largest absolute Gasteiger partial charge is 0.396 e. The fraction of sp³-hybridized carbons (Fsp3) is 0.455. The number of aliphatic hydroxyl groups excluding tert-OH is 1. The molecule has 0 saturated carbocycles. The van der Waals surface area contributed by atoms with E-state index in [1.165, 1.54) is 0 Å². The van der Waals surface area contributed by atoms with Crippen LogP contribution in [0.25, 0.3) is 0 Å². The molecule has 4 nitrogen and oxygen atoms in total. The van der Waals surface area contributed by atoms with E-state index < -0.39 is 10.0 Å². The van der Waals surface area contributed by atoms with Crippen molar-refractivity contribution < 1.29 is 13.5 Å². The van der Waals surface area contributed by atoms with E-state index >= 15 is 0 Å². The Morgan fingerprint density at radius 1 is 1.19 bits per heavy atom. The minimum Gasteiger partial charge on any atom is -0.396 e. The quantitative estimate of drug-likeness (QED) is 0.734. The Bertz CT molecular complexity index is 411. The SMILES string of the molecule is Cc1ccc(S(=O)(=O)NCCCCO)cc1. The average Bonchev–Trinajstić information content (AvgIpc) is 2.25. The van der Waals surface area contributed by atoms with E-state index in [9.17, 15) is 8.42 Å². The van der Waals surface area contributed by atoms with Crippen molar-refractivity contribution in [3.8, 4) is 0 Å². The molecule has 0 heterocycles. The van der Waals surface area contributed by atoms with Crippen molar-refractivity contribution in [2.45, 2.75) is 24.7 Å². The minimum absolute atomic E-state index is 0.0895. The van der Waals surface area contributed by atoms with Crippen LogP contribution in [-0.2, 0) is 10.0 Å². The number of nitrogens with one attached hydrogen (secondary N) is 1. The number of hydrogen-bond acceptors (Lipinski definition) is 3. The van der Waals surface area contributed by atoms with Gasteiger partial charge in [-0.2, -0.15) is 0 Å². The van der Waals surface area contributed by atoms with Gasteiger partial charge in [-0.05, 0) is 31.9 Å². The molecule has 0 spiro atoms. The van der Waals surface area contributed by atoms with Crippen LogP contribution in [0, 0.1) is 6.92 Å². The lowest BCUT2D eigenvalue weighted by Gasteiger charge is -2.06. The first kappa shape index (κ1) is 13.2. The van der Waals surface area contributed by atoms with Crippen LogP contribution in [0.2, 0.25) is 0 Å². The Kier molecular flexibility index (Phi) is 4.92. The van der Waals surface area contributed by atoms with Gasteiger partial charge in [0.25, 0.3) is 0 Å². The number of rotatable bonds is 6. The van der Waals surface area contributed by atoms with Crippen LogP contribution in [0.3, 0.4) is 0 Å². The van der Waals surface area contributed by atoms with Crippen molar-refractivity contribution in [2.24, 2.45) is 0 Å². The van der Waals surface area contributed by atoms with Gasteiger partial charge in [-0.1, -0.05) is 17.7 Å². The molecule has 0 atom stereocenters. The van der Waals surface area contributed by atoms with Crippen molar-refractivity contribution in [1.82, 2.24) is 4.72 Å². The van der Waals surface area contributed by atoms with E-state index in [1.807, 2.05) is 6.92 Å². The lowest BCUT2D eigenvalue weighted by atomic mass is 10.2. The van der Waals surface area contributed by atoms with E-state index in [0.29, 0.717) is 19.4 Å². The zero-order chi connectivity index (χ0) is 12.0. The van der Waals surface area contributed by atoms with E-state index in [-0.39, 0.29) is 11.5 Å². The first-order chi connectivity index (χ1) is 7.56. The monoisotopic (exact) mass is 243 g/mol. The van der Waals surface area contributed by atoms with Crippen LogP contribution in [0.5, 0.6) is 0 Å². The van der Waals surface area contributed by atoms with E-state index in [2.05, 4.69) is 4.72 Å². The maximum atomic E-state index is 11.7. The van der Waals surface area contributed by atoms with Crippen molar-refractivity contribution in [3.63, 3.8) is 0 Å². The maximum absolute atomic E-state index is 11.7. The van der Waals surface area contributed by atoms with E-state index in [4.69, 9.17) is 5.11 Å². The number of aryl methyl sites for hydroxylation is 1. The molecule has 16 heavy (non-hydrogen) atoms. The summed E-state index contributed by atoms with van der Waals surface area (Å²) in [5, 5.41) is 8.57. The molecular weight excluding hydrogens is 226 g/mol. The molecule has 1 aromatic rings. The second-order valence-corrected chi connectivity index (χ2v) is 5.41. The first-order valence-corrected chi connectivity index (χ1v) is 6.72. The van der Waals surface area contributed by atoms with Crippen molar-refractivity contribution in [2.75, 3.05) is 13.2 Å². The molecule has 0 amide bonds. The van der Waals surface area contributed by atoms with Crippen LogP contribution < -0.4 is 4.72 Å². The Labute approximate surface area is 96.4 Å². The molecule has 0 bridgehead atoms. The zero-order valence-corrected chi connectivity index (χ0v) is 10.1. The summed E-state index contributed by atoms with van der Waals surface area (Å²) >= 11 is 0. The first-order valence-electron chi connectivity index (χ1n) is 5.23. The predicted octanol–water partition coefficient (Wildman–Crippen LogP) is 1.05. The topological polar surface area (TPSA) is 66.4 Å². The van der Waals surface area contributed by atoms with Crippen LogP contribution in [0.1, 0.15) is 18.4 Å². The summed E-state index contributed by atoms with van der Waals surface area (Å²) in [5.74, 6) is 0. The summed E-state index contributed by atoms with van der Waals surface area (Å²) in [5.41, 5.74) is 1.03. The van der Waals surface area contributed by atoms with Gasteiger partial charge in [0.15, 0.2) is 0 Å². The molecule has 0 aliphatic rings. The van der Waals surface area contributed by atoms with Crippen LogP contribution in [-0.4, -0.2) is 26.7 Å². The van der Waals surface area contributed by atoms with Gasteiger partial charge in [0, 0.05) is 13.2 Å². The molecule has 0 aliphatic heterocycles. The number of benzene rings is 1. The van der Waals surface area contributed by atoms with Gasteiger partial charge in [0.1, 0.15) is 0 Å². The molecule has 0 aromatic heterocycles. The van der Waals surface area contributed by atoms with E-state index in [0.717, 1.165) is 5.56 Å². The fourth-order valence-electron chi connectivity index (χ4n) is 1.24. The molecule has 0 aliphatic carbocycles. The summed E-state index contributed by atoms with van der Waals surface area (Å²) in [4.78, 5) is 0.280. The molecule has 90 valence electrons. The highest BCUT2D eigenvalue weighted by Gasteiger charge is 2.11. The van der Waals surface area contributed by atoms with Gasteiger partial charge in [0.05, 0.1) is 4.90 Å². The van der Waals surface area contributed by atoms with Gasteiger partial charge in [0.2, 0.25) is 10.0 Å². The Morgan fingerprint density at radius 2 is 1.81 bits per heavy atom. The summed E-state index contributed by atoms with van der Waals surface area (Å²) < 4.78 is 26.0. The van der Waals surface area contributed by atoms with Crippen LogP contribution in [0.15, 0.2) is 29.2 Å². The molecule has 0 radical (unpaired) electrons. The molecule has 1 rings (SSSR count). The molecular formula is C11H17NO3S. The fourth-order valence-corrected chi connectivity index (χ4v) is 2.32. The van der Waals surface area contributed by atoms with Crippen molar-refractivity contribution in [3.05, 3.63) is 29.8 Å². The van der Waals surface area contributed by atoms with Crippen molar-refractivity contribution >= 4 is 10.0 Å². The minimum atomic E-state index is -3.39. The normalized spacial score (nSPS) is 11.6. The highest BCUT2D eigenvalue weighted by Crippen LogP contribution is 2.09. The highest BCUT2D eigenvalue weighted by molar-refractivity contribution is 7.89. The van der Waals surface area contributed by atoms with E-state index in [1.54, 1.807) is 24.3 Å². The summed E-state index contributed by atoms with van der Waals surface area (Å²) in [7, 11) is -3.39. The standard InChI is InChI=1S/C11H17NO3S/c1-10-4-6-11(7-5-10)16(14,15)12-8-2-3-9-13/h4-7,12-13H,2-3,8-9H2,1H3. The lowest BCUT2D eigenvalue weighted by molar-refractivity contribution is 0.285. The summed E-state index contributed by atoms with van der Waals surface area (Å²) in [6, 6.07) is 6.71. The van der Waals surface area contributed by atoms with Crippen LogP contribution in [0.4, 0.5) is 0 Å². The maximum Gasteiger partial charge on any atom is 0.240 e. The third-order valence-electron chi connectivity index (χ3n) is 2.21. The second-order valence-electron chi connectivity index (χ2n) is 3.64. The summed E-state index contributed by atoms with van der Waals surface area (Å²) in [6.45, 7) is 2.36. The van der Waals surface area contributed by atoms with Gasteiger partial charge < -0.3 is 5.11 Å². The number of unbranched alkanes of at least 4 members (excludes halogenated alkanes) is 1. The Balaban J connectivity index is 2.60. The third kappa shape index (κ3) is 3.92.